The molecule has 0 unspecified atom stereocenters. The van der Waals surface area contributed by atoms with Crippen LogP contribution in [-0.4, -0.2) is 64.2 Å². The molecule has 0 aliphatic carbocycles. The highest BCUT2D eigenvalue weighted by Gasteiger charge is 2.31. The van der Waals surface area contributed by atoms with Crippen molar-refractivity contribution in [2.75, 3.05) is 25.5 Å². The summed E-state index contributed by atoms with van der Waals surface area (Å²) < 4.78 is 22.4. The second-order valence-corrected chi connectivity index (χ2v) is 9.67. The predicted octanol–water partition coefficient (Wildman–Crippen LogP) is 4.33. The van der Waals surface area contributed by atoms with Crippen molar-refractivity contribution in [1.29, 1.82) is 0 Å². The summed E-state index contributed by atoms with van der Waals surface area (Å²) in [4.78, 5) is 43.2. The molecule has 4 aromatic rings. The molecule has 0 saturated carbocycles. The number of ether oxygens (including phenoxy) is 3. The lowest BCUT2D eigenvalue weighted by Gasteiger charge is -2.15. The first-order valence-electron chi connectivity index (χ1n) is 12.4. The van der Waals surface area contributed by atoms with Crippen LogP contribution in [0.25, 0.3) is 11.5 Å². The number of rotatable bonds is 9. The highest BCUT2D eigenvalue weighted by Crippen LogP contribution is 2.31. The Morgan fingerprint density at radius 1 is 1.12 bits per heavy atom. The number of aryl methyl sites for hydroxylation is 1. The summed E-state index contributed by atoms with van der Waals surface area (Å²) in [6.07, 6.45) is -0.145. The Bertz CT molecular complexity index is 1550. The van der Waals surface area contributed by atoms with E-state index in [0.717, 1.165) is 16.9 Å². The van der Waals surface area contributed by atoms with Gasteiger partial charge in [0.2, 0.25) is 11.8 Å². The Kier molecular flexibility index (Phi) is 7.73. The average molecular weight is 564 g/mol. The van der Waals surface area contributed by atoms with Crippen LogP contribution >= 0.6 is 11.3 Å². The number of carbonyl (C=O) groups excluding carboxylic acids is 3. The molecule has 1 aliphatic heterocycles. The van der Waals surface area contributed by atoms with Gasteiger partial charge in [0, 0.05) is 49.5 Å². The molecule has 2 aromatic heterocycles. The highest BCUT2D eigenvalue weighted by atomic mass is 32.1. The zero-order valence-corrected chi connectivity index (χ0v) is 22.7. The minimum Gasteiger partial charge on any atom is -0.480 e. The van der Waals surface area contributed by atoms with E-state index >= 15 is 0 Å². The molecule has 13 heteroatoms. The quantitative estimate of drug-likeness (QED) is 0.292. The maximum absolute atomic E-state index is 13.2. The molecule has 5 rings (SSSR count). The number of hydrogen-bond donors (Lipinski definition) is 1. The standard InChI is InChI=1S/C27H25N5O7S/c1-4-36-26(35)21-14-40-27(28-21)29-23(33)17-11-19(13-20(12-17)39-22-9-10-32(3)25(22)34)38-18-7-5-16(6-8-18)24-31-30-15(2)37-24/h5-8,11-14,22H,4,9-10H2,1-3H3,(H,28,29,33)/t22-/m1/s1. The first kappa shape index (κ1) is 26.8. The second-order valence-electron chi connectivity index (χ2n) is 8.81. The summed E-state index contributed by atoms with van der Waals surface area (Å²) in [7, 11) is 1.71. The molecule has 12 nitrogen and oxygen atoms in total. The molecule has 206 valence electrons. The van der Waals surface area contributed by atoms with Gasteiger partial charge in [-0.15, -0.1) is 21.5 Å². The van der Waals surface area contributed by atoms with Gasteiger partial charge >= 0.3 is 5.97 Å². The van der Waals surface area contributed by atoms with Gasteiger partial charge in [-0.1, -0.05) is 0 Å². The van der Waals surface area contributed by atoms with Gasteiger partial charge in [0.25, 0.3) is 11.8 Å². The van der Waals surface area contributed by atoms with Crippen molar-refractivity contribution in [1.82, 2.24) is 20.1 Å². The third-order valence-corrected chi connectivity index (χ3v) is 6.63. The summed E-state index contributed by atoms with van der Waals surface area (Å²) in [5, 5.41) is 12.3. The zero-order chi connectivity index (χ0) is 28.2. The minimum atomic E-state index is -0.667. The van der Waals surface area contributed by atoms with E-state index < -0.39 is 18.0 Å². The third-order valence-electron chi connectivity index (χ3n) is 5.87. The molecule has 40 heavy (non-hydrogen) atoms. The normalized spacial score (nSPS) is 14.7. The van der Waals surface area contributed by atoms with E-state index in [-0.39, 0.29) is 28.9 Å². The van der Waals surface area contributed by atoms with Crippen LogP contribution in [0, 0.1) is 6.92 Å². The van der Waals surface area contributed by atoms with E-state index in [0.29, 0.717) is 42.0 Å². The molecule has 1 aliphatic rings. The van der Waals surface area contributed by atoms with Gasteiger partial charge in [-0.2, -0.15) is 0 Å². The minimum absolute atomic E-state index is 0.103. The molecule has 1 N–H and O–H groups in total. The van der Waals surface area contributed by atoms with Crippen LogP contribution in [0.2, 0.25) is 0 Å². The number of aromatic nitrogens is 3. The Morgan fingerprint density at radius 2 is 1.90 bits per heavy atom. The third kappa shape index (κ3) is 6.10. The first-order chi connectivity index (χ1) is 19.3. The van der Waals surface area contributed by atoms with E-state index in [1.807, 2.05) is 0 Å². The van der Waals surface area contributed by atoms with Gasteiger partial charge in [-0.25, -0.2) is 9.78 Å². The van der Waals surface area contributed by atoms with Crippen molar-refractivity contribution < 1.29 is 33.0 Å². The number of nitrogens with zero attached hydrogens (tertiary/aromatic N) is 4. The molecule has 2 amide bonds. The maximum Gasteiger partial charge on any atom is 0.357 e. The molecular formula is C27H25N5O7S. The summed E-state index contributed by atoms with van der Waals surface area (Å²) in [6.45, 7) is 4.20. The lowest BCUT2D eigenvalue weighted by Crippen LogP contribution is -2.29. The van der Waals surface area contributed by atoms with Crippen LogP contribution in [0.5, 0.6) is 17.2 Å². The van der Waals surface area contributed by atoms with Crippen LogP contribution in [-0.2, 0) is 9.53 Å². The molecule has 0 bridgehead atoms. The zero-order valence-electron chi connectivity index (χ0n) is 21.9. The number of anilines is 1. The summed E-state index contributed by atoms with van der Waals surface area (Å²) in [5.74, 6) is 0.721. The first-order valence-corrected chi connectivity index (χ1v) is 13.3. The number of benzene rings is 2. The van der Waals surface area contributed by atoms with Crippen molar-refractivity contribution >= 4 is 34.3 Å². The van der Waals surface area contributed by atoms with Crippen LogP contribution in [0.4, 0.5) is 5.13 Å². The summed E-state index contributed by atoms with van der Waals surface area (Å²) >= 11 is 1.09. The fraction of sp³-hybridized carbons (Fsp3) is 0.259. The number of carbonyl (C=O) groups is 3. The predicted molar refractivity (Wildman–Crippen MR) is 144 cm³/mol. The topological polar surface area (TPSA) is 146 Å². The van der Waals surface area contributed by atoms with Crippen molar-refractivity contribution in [3.63, 3.8) is 0 Å². The monoisotopic (exact) mass is 563 g/mol. The van der Waals surface area contributed by atoms with E-state index in [1.54, 1.807) is 62.2 Å². The largest absolute Gasteiger partial charge is 0.480 e. The smallest absolute Gasteiger partial charge is 0.357 e. The van der Waals surface area contributed by atoms with Crippen LogP contribution in [0.15, 0.2) is 52.3 Å². The number of likely N-dealkylation sites (tertiary alicyclic amines) is 1. The number of amides is 2. The molecule has 1 atom stereocenters. The van der Waals surface area contributed by atoms with Crippen LogP contribution < -0.4 is 14.8 Å². The van der Waals surface area contributed by atoms with Crippen molar-refractivity contribution in [3.05, 3.63) is 65.0 Å². The molecule has 0 radical (unpaired) electrons. The fourth-order valence-corrected chi connectivity index (χ4v) is 4.58. The van der Waals surface area contributed by atoms with E-state index in [9.17, 15) is 14.4 Å². The molecular weight excluding hydrogens is 538 g/mol. The Balaban J connectivity index is 1.38. The average Bonchev–Trinajstić information content (AvgIpc) is 3.67. The van der Waals surface area contributed by atoms with Gasteiger partial charge in [-0.05, 0) is 43.3 Å². The molecule has 3 heterocycles. The Morgan fingerprint density at radius 3 is 2.58 bits per heavy atom. The van der Waals surface area contributed by atoms with E-state index in [2.05, 4.69) is 20.5 Å². The number of likely N-dealkylation sites (N-methyl/N-ethyl adjacent to an activating group) is 1. The fourth-order valence-electron chi connectivity index (χ4n) is 3.91. The van der Waals surface area contributed by atoms with Crippen molar-refractivity contribution in [2.45, 2.75) is 26.4 Å². The van der Waals surface area contributed by atoms with Crippen molar-refractivity contribution in [3.8, 4) is 28.7 Å². The summed E-state index contributed by atoms with van der Waals surface area (Å²) in [5.41, 5.74) is 1.03. The number of esters is 1. The van der Waals surface area contributed by atoms with E-state index in [1.165, 1.54) is 11.4 Å². The SMILES string of the molecule is CCOC(=O)c1csc(NC(=O)c2cc(Oc3ccc(-c4nnc(C)o4)cc3)cc(O[C@@H]3CCN(C)C3=O)c2)n1. The summed E-state index contributed by atoms with van der Waals surface area (Å²) in [6, 6.07) is 11.7. The van der Waals surface area contributed by atoms with Gasteiger partial charge in [-0.3, -0.25) is 14.9 Å². The van der Waals surface area contributed by atoms with Gasteiger partial charge in [0.15, 0.2) is 16.9 Å². The van der Waals surface area contributed by atoms with E-state index in [4.69, 9.17) is 18.6 Å². The van der Waals surface area contributed by atoms with Crippen LogP contribution in [0.3, 0.4) is 0 Å². The molecule has 1 saturated heterocycles. The van der Waals surface area contributed by atoms with Gasteiger partial charge in [0.1, 0.15) is 17.2 Å². The van der Waals surface area contributed by atoms with Gasteiger partial charge in [0.05, 0.1) is 6.61 Å². The van der Waals surface area contributed by atoms with Crippen LogP contribution in [0.1, 0.15) is 40.1 Å². The Labute approximate surface area is 232 Å². The number of thiazole rings is 1. The van der Waals surface area contributed by atoms with Crippen molar-refractivity contribution in [2.24, 2.45) is 0 Å². The number of hydrogen-bond acceptors (Lipinski definition) is 11. The lowest BCUT2D eigenvalue weighted by molar-refractivity contribution is -0.132. The Hall–Kier alpha value is -4.78. The highest BCUT2D eigenvalue weighted by molar-refractivity contribution is 7.14. The number of nitrogens with one attached hydrogen (secondary N) is 1. The molecule has 2 aromatic carbocycles. The molecule has 0 spiro atoms. The second kappa shape index (κ2) is 11.5. The molecule has 1 fully saturated rings. The lowest BCUT2D eigenvalue weighted by atomic mass is 10.1. The maximum atomic E-state index is 13.2. The van der Waals surface area contributed by atoms with Gasteiger partial charge < -0.3 is 23.5 Å².